The molecule has 0 bridgehead atoms. The third-order valence-electron chi connectivity index (χ3n) is 4.08. The average Bonchev–Trinajstić information content (AvgIpc) is 3.13. The fraction of sp³-hybridized carbons (Fsp3) is 0.600. The zero-order chi connectivity index (χ0) is 11.7. The summed E-state index contributed by atoms with van der Waals surface area (Å²) in [4.78, 5) is 0. The first kappa shape index (κ1) is 11.1. The van der Waals surface area contributed by atoms with Crippen molar-refractivity contribution in [3.8, 4) is 5.75 Å². The first-order valence-corrected chi connectivity index (χ1v) is 6.88. The molecule has 0 aliphatic heterocycles. The minimum absolute atomic E-state index is 0.405. The number of aromatic hydroxyl groups is 1. The molecule has 1 unspecified atom stereocenters. The van der Waals surface area contributed by atoms with E-state index in [0.29, 0.717) is 11.8 Å². The fourth-order valence-electron chi connectivity index (χ4n) is 2.88. The Morgan fingerprint density at radius 2 is 2.12 bits per heavy atom. The molecule has 1 saturated carbocycles. The molecular weight excluding hydrogens is 210 g/mol. The second kappa shape index (κ2) is 4.69. The highest BCUT2D eigenvalue weighted by Gasteiger charge is 2.23. The van der Waals surface area contributed by atoms with E-state index < -0.39 is 0 Å². The summed E-state index contributed by atoms with van der Waals surface area (Å²) in [6.07, 6.45) is 7.81. The Kier molecular flexibility index (Phi) is 3.06. The van der Waals surface area contributed by atoms with E-state index in [0.717, 1.165) is 18.9 Å². The van der Waals surface area contributed by atoms with E-state index in [1.807, 2.05) is 12.1 Å². The van der Waals surface area contributed by atoms with Gasteiger partial charge in [-0.2, -0.15) is 0 Å². The predicted octanol–water partition coefficient (Wildman–Crippen LogP) is 3.16. The summed E-state index contributed by atoms with van der Waals surface area (Å²) in [5.41, 5.74) is 2.74. The molecule has 2 nitrogen and oxygen atoms in total. The van der Waals surface area contributed by atoms with E-state index in [4.69, 9.17) is 0 Å². The fourth-order valence-corrected chi connectivity index (χ4v) is 2.88. The van der Waals surface area contributed by atoms with E-state index in [9.17, 15) is 5.11 Å². The van der Waals surface area contributed by atoms with Gasteiger partial charge in [0.25, 0.3) is 0 Å². The summed E-state index contributed by atoms with van der Waals surface area (Å²) in [6.45, 7) is 1.15. The molecule has 17 heavy (non-hydrogen) atoms. The molecule has 1 aromatic rings. The average molecular weight is 231 g/mol. The van der Waals surface area contributed by atoms with Gasteiger partial charge in [0.2, 0.25) is 0 Å². The Morgan fingerprint density at radius 3 is 2.94 bits per heavy atom. The molecule has 2 heteroatoms. The van der Waals surface area contributed by atoms with E-state index in [2.05, 4.69) is 11.4 Å². The van der Waals surface area contributed by atoms with Gasteiger partial charge in [-0.15, -0.1) is 0 Å². The number of hydrogen-bond acceptors (Lipinski definition) is 2. The molecule has 2 aliphatic carbocycles. The van der Waals surface area contributed by atoms with Crippen LogP contribution in [0.5, 0.6) is 5.75 Å². The molecule has 2 aliphatic rings. The molecule has 1 fully saturated rings. The van der Waals surface area contributed by atoms with Crippen LogP contribution in [0.15, 0.2) is 18.2 Å². The van der Waals surface area contributed by atoms with Crippen LogP contribution < -0.4 is 5.32 Å². The third kappa shape index (κ3) is 2.63. The van der Waals surface area contributed by atoms with Gasteiger partial charge in [0.05, 0.1) is 0 Å². The minimum atomic E-state index is 0.405. The highest BCUT2D eigenvalue weighted by molar-refractivity contribution is 5.38. The number of aryl methyl sites for hydroxylation is 1. The number of fused-ring (bicyclic) bond motifs is 1. The van der Waals surface area contributed by atoms with Crippen LogP contribution in [-0.2, 0) is 6.42 Å². The zero-order valence-corrected chi connectivity index (χ0v) is 10.3. The molecule has 1 aromatic carbocycles. The van der Waals surface area contributed by atoms with E-state index in [1.54, 1.807) is 0 Å². The van der Waals surface area contributed by atoms with Gasteiger partial charge in [-0.05, 0) is 61.4 Å². The van der Waals surface area contributed by atoms with Gasteiger partial charge in [0.15, 0.2) is 0 Å². The van der Waals surface area contributed by atoms with Crippen molar-refractivity contribution in [2.45, 2.75) is 44.6 Å². The maximum absolute atomic E-state index is 9.51. The lowest BCUT2D eigenvalue weighted by atomic mass is 9.87. The molecule has 0 saturated heterocycles. The lowest BCUT2D eigenvalue weighted by molar-refractivity contribution is 0.442. The van der Waals surface area contributed by atoms with Crippen molar-refractivity contribution in [2.75, 3.05) is 6.54 Å². The second-order valence-corrected chi connectivity index (χ2v) is 5.51. The van der Waals surface area contributed by atoms with Gasteiger partial charge in [-0.25, -0.2) is 0 Å². The molecule has 0 heterocycles. The van der Waals surface area contributed by atoms with Gasteiger partial charge in [-0.1, -0.05) is 18.9 Å². The Morgan fingerprint density at radius 1 is 1.24 bits per heavy atom. The maximum atomic E-state index is 9.51. The summed E-state index contributed by atoms with van der Waals surface area (Å²) in [5, 5.41) is 13.2. The lowest BCUT2D eigenvalue weighted by Crippen LogP contribution is -2.26. The quantitative estimate of drug-likeness (QED) is 0.834. The SMILES string of the molecule is Oc1ccc2c(c1)CCCC2NCCC1CC1. The van der Waals surface area contributed by atoms with Crippen molar-refractivity contribution in [3.63, 3.8) is 0 Å². The van der Waals surface area contributed by atoms with Crippen LogP contribution in [0, 0.1) is 5.92 Å². The van der Waals surface area contributed by atoms with Crippen molar-refractivity contribution in [1.29, 1.82) is 0 Å². The van der Waals surface area contributed by atoms with Crippen LogP contribution in [0.3, 0.4) is 0 Å². The van der Waals surface area contributed by atoms with Gasteiger partial charge in [0.1, 0.15) is 5.75 Å². The summed E-state index contributed by atoms with van der Waals surface area (Å²) >= 11 is 0. The van der Waals surface area contributed by atoms with Gasteiger partial charge >= 0.3 is 0 Å². The maximum Gasteiger partial charge on any atom is 0.115 e. The molecule has 0 radical (unpaired) electrons. The van der Waals surface area contributed by atoms with E-state index in [-0.39, 0.29) is 0 Å². The topological polar surface area (TPSA) is 32.3 Å². The largest absolute Gasteiger partial charge is 0.508 e. The van der Waals surface area contributed by atoms with E-state index in [1.165, 1.54) is 43.2 Å². The number of benzene rings is 1. The monoisotopic (exact) mass is 231 g/mol. The van der Waals surface area contributed by atoms with Crippen molar-refractivity contribution in [3.05, 3.63) is 29.3 Å². The van der Waals surface area contributed by atoms with Crippen LogP contribution in [0.25, 0.3) is 0 Å². The lowest BCUT2D eigenvalue weighted by Gasteiger charge is -2.26. The standard InChI is InChI=1S/C15H21NO/c17-13-6-7-14-12(10-13)2-1-3-15(14)16-9-8-11-4-5-11/h6-7,10-11,15-17H,1-5,8-9H2. The second-order valence-electron chi connectivity index (χ2n) is 5.51. The Bertz CT molecular complexity index is 398. The number of phenols is 1. The Balaban J connectivity index is 1.65. The van der Waals surface area contributed by atoms with Crippen molar-refractivity contribution < 1.29 is 5.11 Å². The Hall–Kier alpha value is -1.02. The summed E-state index contributed by atoms with van der Waals surface area (Å²) in [7, 11) is 0. The summed E-state index contributed by atoms with van der Waals surface area (Å²) in [6, 6.07) is 6.36. The predicted molar refractivity (Wildman–Crippen MR) is 69.1 cm³/mol. The summed E-state index contributed by atoms with van der Waals surface area (Å²) < 4.78 is 0. The highest BCUT2D eigenvalue weighted by atomic mass is 16.3. The number of nitrogens with one attached hydrogen (secondary N) is 1. The van der Waals surface area contributed by atoms with Crippen molar-refractivity contribution in [1.82, 2.24) is 5.32 Å². The third-order valence-corrected chi connectivity index (χ3v) is 4.08. The zero-order valence-electron chi connectivity index (χ0n) is 10.3. The van der Waals surface area contributed by atoms with Gasteiger partial charge in [-0.3, -0.25) is 0 Å². The summed E-state index contributed by atoms with van der Waals surface area (Å²) in [5.74, 6) is 1.41. The minimum Gasteiger partial charge on any atom is -0.508 e. The van der Waals surface area contributed by atoms with Crippen LogP contribution >= 0.6 is 0 Å². The molecule has 0 aromatic heterocycles. The normalized spacial score (nSPS) is 23.4. The number of rotatable bonds is 4. The van der Waals surface area contributed by atoms with Gasteiger partial charge < -0.3 is 10.4 Å². The molecule has 1 atom stereocenters. The molecular formula is C15H21NO. The van der Waals surface area contributed by atoms with Crippen LogP contribution in [-0.4, -0.2) is 11.7 Å². The molecule has 3 rings (SSSR count). The van der Waals surface area contributed by atoms with E-state index >= 15 is 0 Å². The molecule has 2 N–H and O–H groups in total. The first-order chi connectivity index (χ1) is 8.33. The van der Waals surface area contributed by atoms with Gasteiger partial charge in [0, 0.05) is 6.04 Å². The smallest absolute Gasteiger partial charge is 0.115 e. The first-order valence-electron chi connectivity index (χ1n) is 6.88. The highest BCUT2D eigenvalue weighted by Crippen LogP contribution is 2.34. The van der Waals surface area contributed by atoms with Crippen molar-refractivity contribution >= 4 is 0 Å². The molecule has 0 amide bonds. The number of hydrogen-bond donors (Lipinski definition) is 2. The Labute approximate surface area is 103 Å². The van der Waals surface area contributed by atoms with Crippen molar-refractivity contribution in [2.24, 2.45) is 5.92 Å². The molecule has 0 spiro atoms. The molecule has 92 valence electrons. The van der Waals surface area contributed by atoms with Crippen LogP contribution in [0.1, 0.15) is 49.3 Å². The van der Waals surface area contributed by atoms with Crippen LogP contribution in [0.4, 0.5) is 0 Å². The number of phenolic OH excluding ortho intramolecular Hbond substituents is 1. The van der Waals surface area contributed by atoms with Crippen LogP contribution in [0.2, 0.25) is 0 Å².